The number of carbonyl (C=O) groups is 1. The lowest BCUT2D eigenvalue weighted by Crippen LogP contribution is -2.17. The van der Waals surface area contributed by atoms with Gasteiger partial charge >= 0.3 is 0 Å². The monoisotopic (exact) mass is 365 g/mol. The van der Waals surface area contributed by atoms with Crippen molar-refractivity contribution in [3.8, 4) is 0 Å². The molecule has 2 heterocycles. The predicted molar refractivity (Wildman–Crippen MR) is 105 cm³/mol. The SMILES string of the molecule is Cc1nc(Nc2cc(C)on2)cc(C(=O)Nc2c(C)cccc2C(C)C)n1. The molecule has 3 rings (SSSR count). The number of para-hydroxylation sites is 1. The Hall–Kier alpha value is -3.22. The molecule has 0 saturated heterocycles. The van der Waals surface area contributed by atoms with Gasteiger partial charge in [0.2, 0.25) is 0 Å². The third kappa shape index (κ3) is 4.31. The van der Waals surface area contributed by atoms with E-state index in [1.54, 1.807) is 26.0 Å². The zero-order valence-electron chi connectivity index (χ0n) is 16.1. The summed E-state index contributed by atoms with van der Waals surface area (Å²) in [6.07, 6.45) is 0. The van der Waals surface area contributed by atoms with Gasteiger partial charge in [0.05, 0.1) is 0 Å². The normalized spacial score (nSPS) is 10.9. The molecule has 0 radical (unpaired) electrons. The highest BCUT2D eigenvalue weighted by Crippen LogP contribution is 2.28. The molecule has 3 aromatic rings. The molecule has 27 heavy (non-hydrogen) atoms. The number of aromatic nitrogens is 3. The van der Waals surface area contributed by atoms with Crippen molar-refractivity contribution < 1.29 is 9.32 Å². The first-order valence-electron chi connectivity index (χ1n) is 8.80. The minimum absolute atomic E-state index is 0.281. The maximum Gasteiger partial charge on any atom is 0.274 e. The number of rotatable bonds is 5. The lowest BCUT2D eigenvalue weighted by atomic mass is 9.98. The molecule has 0 bridgehead atoms. The fourth-order valence-corrected chi connectivity index (χ4v) is 2.82. The molecule has 0 aliphatic carbocycles. The molecule has 0 unspecified atom stereocenters. The van der Waals surface area contributed by atoms with Crippen molar-refractivity contribution in [2.24, 2.45) is 0 Å². The first-order valence-corrected chi connectivity index (χ1v) is 8.80. The largest absolute Gasteiger partial charge is 0.360 e. The predicted octanol–water partition coefficient (Wildman–Crippen LogP) is 4.51. The van der Waals surface area contributed by atoms with Crippen molar-refractivity contribution in [3.05, 3.63) is 58.7 Å². The lowest BCUT2D eigenvalue weighted by molar-refractivity contribution is 0.102. The molecule has 1 aromatic carbocycles. The van der Waals surface area contributed by atoms with Gasteiger partial charge in [-0.25, -0.2) is 9.97 Å². The smallest absolute Gasteiger partial charge is 0.274 e. The minimum atomic E-state index is -0.281. The van der Waals surface area contributed by atoms with Crippen LogP contribution in [0, 0.1) is 20.8 Å². The molecule has 2 aromatic heterocycles. The van der Waals surface area contributed by atoms with Crippen LogP contribution >= 0.6 is 0 Å². The fraction of sp³-hybridized carbons (Fsp3) is 0.300. The molecule has 1 amide bonds. The number of anilines is 3. The van der Waals surface area contributed by atoms with E-state index in [9.17, 15) is 4.79 Å². The van der Waals surface area contributed by atoms with Crippen LogP contribution in [0.15, 0.2) is 34.9 Å². The van der Waals surface area contributed by atoms with Crippen LogP contribution in [0.3, 0.4) is 0 Å². The second kappa shape index (κ2) is 7.57. The summed E-state index contributed by atoms with van der Waals surface area (Å²) in [6, 6.07) is 9.35. The number of hydrogen-bond donors (Lipinski definition) is 2. The van der Waals surface area contributed by atoms with Crippen LogP contribution in [0.5, 0.6) is 0 Å². The van der Waals surface area contributed by atoms with E-state index in [0.29, 0.717) is 29.1 Å². The number of carbonyl (C=O) groups excluding carboxylic acids is 1. The van der Waals surface area contributed by atoms with Crippen LogP contribution in [-0.4, -0.2) is 21.0 Å². The molecule has 0 saturated carbocycles. The summed E-state index contributed by atoms with van der Waals surface area (Å²) in [7, 11) is 0. The van der Waals surface area contributed by atoms with Gasteiger partial charge in [0.1, 0.15) is 23.1 Å². The van der Waals surface area contributed by atoms with Crippen LogP contribution in [0.1, 0.15) is 53.0 Å². The van der Waals surface area contributed by atoms with Gasteiger partial charge in [0.15, 0.2) is 5.82 Å². The molecule has 2 N–H and O–H groups in total. The highest BCUT2D eigenvalue weighted by atomic mass is 16.5. The Morgan fingerprint density at radius 2 is 1.85 bits per heavy atom. The maximum atomic E-state index is 12.8. The van der Waals surface area contributed by atoms with E-state index >= 15 is 0 Å². The third-order valence-corrected chi connectivity index (χ3v) is 4.12. The molecule has 140 valence electrons. The summed E-state index contributed by atoms with van der Waals surface area (Å²) in [5.41, 5.74) is 3.21. The topological polar surface area (TPSA) is 92.9 Å². The van der Waals surface area contributed by atoms with Crippen LogP contribution in [0.4, 0.5) is 17.3 Å². The average Bonchev–Trinajstić information content (AvgIpc) is 3.00. The van der Waals surface area contributed by atoms with Gasteiger partial charge in [-0.2, -0.15) is 0 Å². The molecule has 0 aliphatic rings. The molecule has 7 nitrogen and oxygen atoms in total. The molecule has 0 aliphatic heterocycles. The Kier molecular flexibility index (Phi) is 5.21. The van der Waals surface area contributed by atoms with Gasteiger partial charge in [-0.05, 0) is 37.8 Å². The fourth-order valence-electron chi connectivity index (χ4n) is 2.82. The average molecular weight is 365 g/mol. The molecule has 0 fully saturated rings. The molecular formula is C20H23N5O2. The number of hydrogen-bond acceptors (Lipinski definition) is 6. The van der Waals surface area contributed by atoms with Gasteiger partial charge in [-0.15, -0.1) is 0 Å². The number of nitrogens with zero attached hydrogens (tertiary/aromatic N) is 3. The summed E-state index contributed by atoms with van der Waals surface area (Å²) in [4.78, 5) is 21.4. The highest BCUT2D eigenvalue weighted by Gasteiger charge is 2.16. The zero-order chi connectivity index (χ0) is 19.6. The zero-order valence-corrected chi connectivity index (χ0v) is 16.1. The highest BCUT2D eigenvalue weighted by molar-refractivity contribution is 6.04. The molecular weight excluding hydrogens is 342 g/mol. The van der Waals surface area contributed by atoms with Crippen molar-refractivity contribution in [1.82, 2.24) is 15.1 Å². The summed E-state index contributed by atoms with van der Waals surface area (Å²) >= 11 is 0. The molecule has 0 atom stereocenters. The van der Waals surface area contributed by atoms with Crippen molar-refractivity contribution in [3.63, 3.8) is 0 Å². The number of benzene rings is 1. The Balaban J connectivity index is 1.87. The quantitative estimate of drug-likeness (QED) is 0.691. The second-order valence-corrected chi connectivity index (χ2v) is 6.78. The van der Waals surface area contributed by atoms with E-state index in [2.05, 4.69) is 39.6 Å². The van der Waals surface area contributed by atoms with Gasteiger partial charge in [0.25, 0.3) is 5.91 Å². The van der Waals surface area contributed by atoms with Crippen molar-refractivity contribution in [2.45, 2.75) is 40.5 Å². The Bertz CT molecular complexity index is 978. The van der Waals surface area contributed by atoms with E-state index in [1.165, 1.54) is 0 Å². The Morgan fingerprint density at radius 3 is 2.52 bits per heavy atom. The van der Waals surface area contributed by atoms with Crippen LogP contribution < -0.4 is 10.6 Å². The van der Waals surface area contributed by atoms with Gasteiger partial charge in [-0.1, -0.05) is 37.2 Å². The van der Waals surface area contributed by atoms with Gasteiger partial charge in [-0.3, -0.25) is 4.79 Å². The number of aryl methyl sites for hydroxylation is 3. The van der Waals surface area contributed by atoms with E-state index in [4.69, 9.17) is 4.52 Å². The third-order valence-electron chi connectivity index (χ3n) is 4.12. The lowest BCUT2D eigenvalue weighted by Gasteiger charge is -2.16. The molecule has 7 heteroatoms. The van der Waals surface area contributed by atoms with E-state index in [-0.39, 0.29) is 11.6 Å². The number of nitrogens with one attached hydrogen (secondary N) is 2. The van der Waals surface area contributed by atoms with Crippen molar-refractivity contribution >= 4 is 23.2 Å². The summed E-state index contributed by atoms with van der Waals surface area (Å²) < 4.78 is 5.04. The van der Waals surface area contributed by atoms with E-state index < -0.39 is 0 Å². The van der Waals surface area contributed by atoms with E-state index in [1.807, 2.05) is 25.1 Å². The number of amides is 1. The summed E-state index contributed by atoms with van der Waals surface area (Å²) in [5.74, 6) is 2.19. The Labute approximate surface area is 158 Å². The van der Waals surface area contributed by atoms with Gasteiger partial charge < -0.3 is 15.2 Å². The first kappa shape index (κ1) is 18.6. The van der Waals surface area contributed by atoms with Crippen LogP contribution in [0.2, 0.25) is 0 Å². The molecule has 0 spiro atoms. The van der Waals surface area contributed by atoms with Gasteiger partial charge in [0, 0.05) is 17.8 Å². The van der Waals surface area contributed by atoms with Crippen molar-refractivity contribution in [2.75, 3.05) is 10.6 Å². The summed E-state index contributed by atoms with van der Waals surface area (Å²) in [5, 5.41) is 9.92. The standard InChI is InChI=1S/C20H23N5O2/c1-11(2)15-8-6-7-12(3)19(15)24-20(26)16-10-17(22-14(5)21-16)23-18-9-13(4)27-25-18/h6-11H,1-5H3,(H,24,26)(H,21,22,23,25). The van der Waals surface area contributed by atoms with Crippen LogP contribution in [-0.2, 0) is 0 Å². The van der Waals surface area contributed by atoms with E-state index in [0.717, 1.165) is 16.8 Å². The minimum Gasteiger partial charge on any atom is -0.360 e. The maximum absolute atomic E-state index is 12.8. The van der Waals surface area contributed by atoms with Crippen LogP contribution in [0.25, 0.3) is 0 Å². The Morgan fingerprint density at radius 1 is 1.07 bits per heavy atom. The summed E-state index contributed by atoms with van der Waals surface area (Å²) in [6.45, 7) is 9.72. The first-order chi connectivity index (χ1) is 12.8. The van der Waals surface area contributed by atoms with Crippen molar-refractivity contribution in [1.29, 1.82) is 0 Å². The second-order valence-electron chi connectivity index (χ2n) is 6.78.